The lowest BCUT2D eigenvalue weighted by atomic mass is 10.1. The van der Waals surface area contributed by atoms with Gasteiger partial charge in [-0.05, 0) is 25.3 Å². The first-order chi connectivity index (χ1) is 7.72. The monoisotopic (exact) mass is 246 g/mol. The second-order valence-electron chi connectivity index (χ2n) is 4.94. The van der Waals surface area contributed by atoms with E-state index >= 15 is 0 Å². The van der Waals surface area contributed by atoms with Crippen molar-refractivity contribution in [3.63, 3.8) is 0 Å². The highest BCUT2D eigenvalue weighted by molar-refractivity contribution is 7.80. The molecule has 1 atom stereocenters. The first-order valence-corrected chi connectivity index (χ1v) is 7.01. The van der Waals surface area contributed by atoms with Gasteiger partial charge in [-0.3, -0.25) is 4.90 Å². The van der Waals surface area contributed by atoms with Crippen LogP contribution >= 0.6 is 12.6 Å². The fourth-order valence-electron chi connectivity index (χ4n) is 2.06. The Morgan fingerprint density at radius 3 is 3.00 bits per heavy atom. The summed E-state index contributed by atoms with van der Waals surface area (Å²) in [7, 11) is 0. The maximum Gasteiger partial charge on any atom is 0.0827 e. The summed E-state index contributed by atoms with van der Waals surface area (Å²) in [6.45, 7) is 9.76. The smallest absolute Gasteiger partial charge is 0.0827 e. The van der Waals surface area contributed by atoms with Crippen molar-refractivity contribution >= 4 is 12.6 Å². The van der Waals surface area contributed by atoms with Crippen LogP contribution in [0.25, 0.3) is 0 Å². The summed E-state index contributed by atoms with van der Waals surface area (Å²) in [6, 6.07) is 0. The van der Waals surface area contributed by atoms with Crippen molar-refractivity contribution in [2.75, 3.05) is 38.7 Å². The standard InChI is InChI=1S/C12H26N2OS/c1-11(2)4-3-5-14-6-7-15-12(9-14)8-13-10-16/h11-13,16H,3-10H2,1-2H3/t12-/m0/s1. The molecule has 0 amide bonds. The molecular weight excluding hydrogens is 220 g/mol. The van der Waals surface area contributed by atoms with Crippen LogP contribution in [0, 0.1) is 5.92 Å². The Balaban J connectivity index is 2.12. The van der Waals surface area contributed by atoms with E-state index in [2.05, 4.69) is 36.7 Å². The second-order valence-corrected chi connectivity index (χ2v) is 5.26. The molecule has 1 heterocycles. The van der Waals surface area contributed by atoms with E-state index < -0.39 is 0 Å². The summed E-state index contributed by atoms with van der Waals surface area (Å²) < 4.78 is 5.70. The van der Waals surface area contributed by atoms with Crippen LogP contribution in [0.3, 0.4) is 0 Å². The van der Waals surface area contributed by atoms with E-state index in [0.717, 1.165) is 38.0 Å². The van der Waals surface area contributed by atoms with Gasteiger partial charge in [0.1, 0.15) is 0 Å². The third-order valence-electron chi connectivity index (χ3n) is 2.96. The van der Waals surface area contributed by atoms with Crippen molar-refractivity contribution in [1.82, 2.24) is 10.2 Å². The van der Waals surface area contributed by atoms with Crippen LogP contribution in [-0.4, -0.2) is 49.7 Å². The summed E-state index contributed by atoms with van der Waals surface area (Å²) in [5.74, 6) is 1.55. The molecule has 4 heteroatoms. The van der Waals surface area contributed by atoms with Crippen molar-refractivity contribution in [2.45, 2.75) is 32.8 Å². The predicted molar refractivity (Wildman–Crippen MR) is 72.1 cm³/mol. The number of thiol groups is 1. The molecule has 1 rings (SSSR count). The lowest BCUT2D eigenvalue weighted by Crippen LogP contribution is -2.46. The van der Waals surface area contributed by atoms with Gasteiger partial charge in [-0.15, -0.1) is 0 Å². The quantitative estimate of drug-likeness (QED) is 0.527. The normalized spacial score (nSPS) is 22.9. The fourth-order valence-corrected chi connectivity index (χ4v) is 2.18. The highest BCUT2D eigenvalue weighted by Gasteiger charge is 2.19. The van der Waals surface area contributed by atoms with Gasteiger partial charge in [-0.1, -0.05) is 13.8 Å². The molecule has 1 fully saturated rings. The molecule has 0 aliphatic carbocycles. The van der Waals surface area contributed by atoms with Crippen LogP contribution in [-0.2, 0) is 4.74 Å². The van der Waals surface area contributed by atoms with E-state index in [1.54, 1.807) is 0 Å². The minimum atomic E-state index is 0.347. The van der Waals surface area contributed by atoms with E-state index in [9.17, 15) is 0 Å². The van der Waals surface area contributed by atoms with Gasteiger partial charge in [0.2, 0.25) is 0 Å². The van der Waals surface area contributed by atoms with E-state index in [0.29, 0.717) is 6.10 Å². The van der Waals surface area contributed by atoms with Gasteiger partial charge < -0.3 is 10.1 Å². The van der Waals surface area contributed by atoms with Crippen LogP contribution in [0.4, 0.5) is 0 Å². The van der Waals surface area contributed by atoms with Gasteiger partial charge in [0.05, 0.1) is 12.7 Å². The molecule has 0 bridgehead atoms. The second kappa shape index (κ2) is 8.34. The maximum atomic E-state index is 5.70. The molecular formula is C12H26N2OS. The molecule has 1 aliphatic heterocycles. The number of hydrogen-bond donors (Lipinski definition) is 2. The number of nitrogens with zero attached hydrogens (tertiary/aromatic N) is 1. The number of hydrogen-bond acceptors (Lipinski definition) is 4. The van der Waals surface area contributed by atoms with Gasteiger partial charge in [-0.25, -0.2) is 0 Å². The zero-order valence-electron chi connectivity index (χ0n) is 10.6. The van der Waals surface area contributed by atoms with Crippen molar-refractivity contribution in [3.8, 4) is 0 Å². The lowest BCUT2D eigenvalue weighted by molar-refractivity contribution is -0.0269. The largest absolute Gasteiger partial charge is 0.374 e. The van der Waals surface area contributed by atoms with E-state index in [1.165, 1.54) is 19.4 Å². The molecule has 0 spiro atoms. The maximum absolute atomic E-state index is 5.70. The molecule has 3 nitrogen and oxygen atoms in total. The number of morpholine rings is 1. The van der Waals surface area contributed by atoms with E-state index in [-0.39, 0.29) is 0 Å². The summed E-state index contributed by atoms with van der Waals surface area (Å²) in [6.07, 6.45) is 2.99. The van der Waals surface area contributed by atoms with E-state index in [4.69, 9.17) is 4.74 Å². The van der Waals surface area contributed by atoms with Crippen LogP contribution in [0.5, 0.6) is 0 Å². The van der Waals surface area contributed by atoms with Crippen molar-refractivity contribution in [2.24, 2.45) is 5.92 Å². The van der Waals surface area contributed by atoms with E-state index in [1.807, 2.05) is 0 Å². The average molecular weight is 246 g/mol. The summed E-state index contributed by atoms with van der Waals surface area (Å²) in [5, 5.41) is 3.23. The zero-order valence-corrected chi connectivity index (χ0v) is 11.5. The molecule has 0 saturated carbocycles. The first-order valence-electron chi connectivity index (χ1n) is 6.38. The molecule has 1 saturated heterocycles. The Bertz CT molecular complexity index is 178. The molecule has 0 radical (unpaired) electrons. The SMILES string of the molecule is CC(C)CCCN1CCO[C@@H](CNCS)C1. The Labute approximate surface area is 105 Å². The molecule has 0 aromatic rings. The minimum Gasteiger partial charge on any atom is -0.374 e. The Morgan fingerprint density at radius 1 is 1.50 bits per heavy atom. The Kier molecular flexibility index (Phi) is 7.45. The highest BCUT2D eigenvalue weighted by Crippen LogP contribution is 2.09. The number of ether oxygens (including phenoxy) is 1. The Hall–Kier alpha value is 0.230. The molecule has 0 aromatic heterocycles. The fraction of sp³-hybridized carbons (Fsp3) is 1.00. The third-order valence-corrected chi connectivity index (χ3v) is 3.19. The topological polar surface area (TPSA) is 24.5 Å². The van der Waals surface area contributed by atoms with Crippen LogP contribution in [0.15, 0.2) is 0 Å². The average Bonchev–Trinajstić information content (AvgIpc) is 2.26. The number of rotatable bonds is 7. The van der Waals surface area contributed by atoms with Gasteiger partial charge in [0, 0.05) is 25.5 Å². The number of nitrogens with one attached hydrogen (secondary N) is 1. The predicted octanol–water partition coefficient (Wildman–Crippen LogP) is 1.60. The third kappa shape index (κ3) is 6.09. The van der Waals surface area contributed by atoms with Gasteiger partial charge >= 0.3 is 0 Å². The zero-order chi connectivity index (χ0) is 11.8. The Morgan fingerprint density at radius 2 is 2.31 bits per heavy atom. The summed E-state index contributed by atoms with van der Waals surface area (Å²) in [5.41, 5.74) is 0. The van der Waals surface area contributed by atoms with Gasteiger partial charge in [0.25, 0.3) is 0 Å². The van der Waals surface area contributed by atoms with Gasteiger partial charge in [0.15, 0.2) is 0 Å². The van der Waals surface area contributed by atoms with Crippen LogP contribution < -0.4 is 5.32 Å². The minimum absolute atomic E-state index is 0.347. The summed E-state index contributed by atoms with van der Waals surface area (Å²) in [4.78, 5) is 2.52. The molecule has 0 unspecified atom stereocenters. The van der Waals surface area contributed by atoms with Crippen LogP contribution in [0.2, 0.25) is 0 Å². The van der Waals surface area contributed by atoms with Crippen molar-refractivity contribution in [3.05, 3.63) is 0 Å². The van der Waals surface area contributed by atoms with Crippen molar-refractivity contribution in [1.29, 1.82) is 0 Å². The lowest BCUT2D eigenvalue weighted by Gasteiger charge is -2.33. The first kappa shape index (κ1) is 14.3. The van der Waals surface area contributed by atoms with Crippen molar-refractivity contribution < 1.29 is 4.74 Å². The molecule has 96 valence electrons. The van der Waals surface area contributed by atoms with Crippen LogP contribution in [0.1, 0.15) is 26.7 Å². The summed E-state index contributed by atoms with van der Waals surface area (Å²) >= 11 is 4.14. The van der Waals surface area contributed by atoms with Gasteiger partial charge in [-0.2, -0.15) is 12.6 Å². The molecule has 1 N–H and O–H groups in total. The molecule has 1 aliphatic rings. The molecule has 0 aromatic carbocycles. The molecule has 16 heavy (non-hydrogen) atoms. The highest BCUT2D eigenvalue weighted by atomic mass is 32.1.